The van der Waals surface area contributed by atoms with Gasteiger partial charge >= 0.3 is 0 Å². The van der Waals surface area contributed by atoms with Crippen LogP contribution in [0.4, 0.5) is 0 Å². The van der Waals surface area contributed by atoms with Gasteiger partial charge in [-0.2, -0.15) is 0 Å². The highest BCUT2D eigenvalue weighted by Crippen LogP contribution is 2.15. The second-order valence-corrected chi connectivity index (χ2v) is 7.20. The summed E-state index contributed by atoms with van der Waals surface area (Å²) in [5.41, 5.74) is 1.18. The van der Waals surface area contributed by atoms with Gasteiger partial charge in [-0.05, 0) is 43.4 Å². The fourth-order valence-corrected chi connectivity index (χ4v) is 3.30. The van der Waals surface area contributed by atoms with Gasteiger partial charge in [-0.1, -0.05) is 12.1 Å². The lowest BCUT2D eigenvalue weighted by Gasteiger charge is -2.27. The van der Waals surface area contributed by atoms with Crippen LogP contribution in [0.25, 0.3) is 0 Å². The second kappa shape index (κ2) is 10.2. The number of aromatic nitrogens is 2. The van der Waals surface area contributed by atoms with Crippen molar-refractivity contribution in [3.63, 3.8) is 0 Å². The largest absolute Gasteiger partial charge is 0.497 e. The molecule has 7 heteroatoms. The number of rotatable bonds is 9. The molecule has 1 aliphatic rings. The number of amides is 1. The Morgan fingerprint density at radius 1 is 1.14 bits per heavy atom. The number of carbonyl (C=O) groups is 1. The number of hydrogen-bond acceptors (Lipinski definition) is 6. The highest BCUT2D eigenvalue weighted by atomic mass is 16.5. The first-order valence-corrected chi connectivity index (χ1v) is 9.94. The summed E-state index contributed by atoms with van der Waals surface area (Å²) >= 11 is 0. The summed E-state index contributed by atoms with van der Waals surface area (Å²) in [4.78, 5) is 14.1. The highest BCUT2D eigenvalue weighted by Gasteiger charge is 2.19. The summed E-state index contributed by atoms with van der Waals surface area (Å²) in [5, 5.41) is 8.17. The molecule has 0 aliphatic carbocycles. The Labute approximate surface area is 166 Å². The standard InChI is InChI=1S/C21H29N3O4/c1-24(15-18-5-3-4-14-27-18)21(25)13-12-20-23-22-19(28-20)11-8-16-6-9-17(26-2)10-7-16/h6-7,9-10,18H,3-5,8,11-15H2,1-2H3/t18-/m1/s1. The molecule has 0 saturated carbocycles. The van der Waals surface area contributed by atoms with Crippen LogP contribution in [0.2, 0.25) is 0 Å². The van der Waals surface area contributed by atoms with Gasteiger partial charge in [0.25, 0.3) is 0 Å². The van der Waals surface area contributed by atoms with Crippen molar-refractivity contribution in [2.75, 3.05) is 27.3 Å². The van der Waals surface area contributed by atoms with E-state index < -0.39 is 0 Å². The average Bonchev–Trinajstić information content (AvgIpc) is 3.19. The Bertz CT molecular complexity index is 738. The number of likely N-dealkylation sites (N-methyl/N-ethyl adjacent to an activating group) is 1. The zero-order chi connectivity index (χ0) is 19.8. The molecule has 0 unspecified atom stereocenters. The van der Waals surface area contributed by atoms with E-state index in [0.29, 0.717) is 37.6 Å². The Balaban J connectivity index is 1.40. The fourth-order valence-electron chi connectivity index (χ4n) is 3.30. The number of methoxy groups -OCH3 is 1. The van der Waals surface area contributed by atoms with E-state index in [0.717, 1.165) is 31.6 Å². The van der Waals surface area contributed by atoms with Gasteiger partial charge in [0.15, 0.2) is 0 Å². The minimum atomic E-state index is 0.0761. The van der Waals surface area contributed by atoms with Crippen LogP contribution in [0, 0.1) is 0 Å². The maximum atomic E-state index is 12.3. The molecule has 1 saturated heterocycles. The van der Waals surface area contributed by atoms with Gasteiger partial charge < -0.3 is 18.8 Å². The molecule has 0 bridgehead atoms. The third-order valence-electron chi connectivity index (χ3n) is 5.03. The number of nitrogens with zero attached hydrogens (tertiary/aromatic N) is 3. The predicted molar refractivity (Wildman–Crippen MR) is 104 cm³/mol. The molecule has 1 aromatic carbocycles. The van der Waals surface area contributed by atoms with Gasteiger partial charge in [-0.3, -0.25) is 4.79 Å². The lowest BCUT2D eigenvalue weighted by Crippen LogP contribution is -2.37. The Morgan fingerprint density at radius 2 is 1.89 bits per heavy atom. The maximum Gasteiger partial charge on any atom is 0.222 e. The van der Waals surface area contributed by atoms with E-state index >= 15 is 0 Å². The van der Waals surface area contributed by atoms with Crippen LogP contribution >= 0.6 is 0 Å². The zero-order valence-electron chi connectivity index (χ0n) is 16.7. The number of carbonyl (C=O) groups excluding carboxylic acids is 1. The molecule has 1 aliphatic heterocycles. The molecule has 2 aromatic rings. The van der Waals surface area contributed by atoms with Gasteiger partial charge in [0.1, 0.15) is 5.75 Å². The van der Waals surface area contributed by atoms with E-state index in [4.69, 9.17) is 13.9 Å². The Morgan fingerprint density at radius 3 is 2.57 bits per heavy atom. The number of aryl methyl sites for hydroxylation is 3. The quantitative estimate of drug-likeness (QED) is 0.658. The van der Waals surface area contributed by atoms with Crippen molar-refractivity contribution in [3.05, 3.63) is 41.6 Å². The highest BCUT2D eigenvalue weighted by molar-refractivity contribution is 5.76. The Hall–Kier alpha value is -2.41. The molecule has 0 N–H and O–H groups in total. The number of benzene rings is 1. The van der Waals surface area contributed by atoms with Crippen LogP contribution in [0.5, 0.6) is 5.75 Å². The molecule has 1 atom stereocenters. The van der Waals surface area contributed by atoms with Crippen molar-refractivity contribution < 1.29 is 18.7 Å². The van der Waals surface area contributed by atoms with Crippen LogP contribution in [0.3, 0.4) is 0 Å². The monoisotopic (exact) mass is 387 g/mol. The molecule has 2 heterocycles. The lowest BCUT2D eigenvalue weighted by molar-refractivity contribution is -0.132. The van der Waals surface area contributed by atoms with Crippen LogP contribution in [-0.4, -0.2) is 54.4 Å². The maximum absolute atomic E-state index is 12.3. The molecule has 0 spiro atoms. The Kier molecular flexibility index (Phi) is 7.42. The van der Waals surface area contributed by atoms with Crippen molar-refractivity contribution in [1.29, 1.82) is 0 Å². The normalized spacial score (nSPS) is 16.7. The average molecular weight is 387 g/mol. The predicted octanol–water partition coefficient (Wildman–Crippen LogP) is 2.82. The molecule has 1 amide bonds. The van der Waals surface area contributed by atoms with Gasteiger partial charge in [0, 0.05) is 39.5 Å². The first-order chi connectivity index (χ1) is 13.6. The van der Waals surface area contributed by atoms with Crippen LogP contribution in [0.15, 0.2) is 28.7 Å². The molecule has 28 heavy (non-hydrogen) atoms. The van der Waals surface area contributed by atoms with Crippen LogP contribution in [0.1, 0.15) is 43.0 Å². The summed E-state index contributed by atoms with van der Waals surface area (Å²) in [6.07, 6.45) is 5.79. The second-order valence-electron chi connectivity index (χ2n) is 7.20. The first-order valence-electron chi connectivity index (χ1n) is 9.94. The van der Waals surface area contributed by atoms with Crippen molar-refractivity contribution in [2.45, 2.75) is 51.0 Å². The molecule has 7 nitrogen and oxygen atoms in total. The van der Waals surface area contributed by atoms with E-state index in [2.05, 4.69) is 10.2 Å². The summed E-state index contributed by atoms with van der Waals surface area (Å²) in [7, 11) is 3.48. The topological polar surface area (TPSA) is 77.7 Å². The van der Waals surface area contributed by atoms with Gasteiger partial charge in [0.05, 0.1) is 13.2 Å². The van der Waals surface area contributed by atoms with E-state index in [9.17, 15) is 4.79 Å². The van der Waals surface area contributed by atoms with Crippen molar-refractivity contribution in [3.8, 4) is 5.75 Å². The van der Waals surface area contributed by atoms with Crippen molar-refractivity contribution >= 4 is 5.91 Å². The van der Waals surface area contributed by atoms with E-state index in [1.54, 1.807) is 12.0 Å². The molecular weight excluding hydrogens is 358 g/mol. The van der Waals surface area contributed by atoms with Gasteiger partial charge in [-0.25, -0.2) is 0 Å². The van der Waals surface area contributed by atoms with Crippen molar-refractivity contribution in [2.24, 2.45) is 0 Å². The smallest absolute Gasteiger partial charge is 0.222 e. The molecule has 3 rings (SSSR count). The van der Waals surface area contributed by atoms with Gasteiger partial charge in [-0.15, -0.1) is 10.2 Å². The summed E-state index contributed by atoms with van der Waals surface area (Å²) in [5.74, 6) is 2.03. The van der Waals surface area contributed by atoms with Crippen molar-refractivity contribution in [1.82, 2.24) is 15.1 Å². The number of ether oxygens (including phenoxy) is 2. The molecule has 1 aromatic heterocycles. The molecule has 152 valence electrons. The van der Waals surface area contributed by atoms with E-state index in [1.807, 2.05) is 31.3 Å². The minimum Gasteiger partial charge on any atom is -0.497 e. The first kappa shape index (κ1) is 20.3. The lowest BCUT2D eigenvalue weighted by atomic mass is 10.1. The summed E-state index contributed by atoms with van der Waals surface area (Å²) in [6, 6.07) is 7.94. The van der Waals surface area contributed by atoms with Crippen LogP contribution < -0.4 is 4.74 Å². The third kappa shape index (κ3) is 6.05. The molecule has 1 fully saturated rings. The van der Waals surface area contributed by atoms with E-state index in [-0.39, 0.29) is 12.0 Å². The zero-order valence-corrected chi connectivity index (χ0v) is 16.7. The third-order valence-corrected chi connectivity index (χ3v) is 5.03. The van der Waals surface area contributed by atoms with Crippen LogP contribution in [-0.2, 0) is 28.8 Å². The molecule has 0 radical (unpaired) electrons. The SMILES string of the molecule is COc1ccc(CCc2nnc(CCC(=O)N(C)C[C@H]3CCCCO3)o2)cc1. The summed E-state index contributed by atoms with van der Waals surface area (Å²) < 4.78 is 16.5. The summed E-state index contributed by atoms with van der Waals surface area (Å²) in [6.45, 7) is 1.45. The van der Waals surface area contributed by atoms with Gasteiger partial charge in [0.2, 0.25) is 17.7 Å². The number of hydrogen-bond donors (Lipinski definition) is 0. The minimum absolute atomic E-state index is 0.0761. The molecular formula is C21H29N3O4. The van der Waals surface area contributed by atoms with E-state index in [1.165, 1.54) is 12.0 Å². The fraction of sp³-hybridized carbons (Fsp3) is 0.571.